The normalized spacial score (nSPS) is 20.4. The molecule has 15 heavy (non-hydrogen) atoms. The van der Waals surface area contributed by atoms with Crippen molar-refractivity contribution in [2.45, 2.75) is 65.6 Å². The Hall–Kier alpha value is 0.137. The topological polar surface area (TPSA) is 18.5 Å². The molecule has 2 nitrogen and oxygen atoms in total. The maximum absolute atomic E-state index is 5.27. The summed E-state index contributed by atoms with van der Waals surface area (Å²) >= 11 is 0. The number of rotatable bonds is 5. The average Bonchev–Trinajstić information content (AvgIpc) is 2.98. The summed E-state index contributed by atoms with van der Waals surface area (Å²) in [7, 11) is -0.684. The zero-order valence-corrected chi connectivity index (χ0v) is 12.1. The van der Waals surface area contributed by atoms with Gasteiger partial charge in [0.2, 0.25) is 0 Å². The summed E-state index contributed by atoms with van der Waals surface area (Å²) < 4.78 is 10.5. The predicted molar refractivity (Wildman–Crippen MR) is 66.4 cm³/mol. The Balaban J connectivity index is 0.000000158. The summed E-state index contributed by atoms with van der Waals surface area (Å²) in [5, 5.41) is 0. The van der Waals surface area contributed by atoms with Crippen LogP contribution in [0.15, 0.2) is 0 Å². The molecule has 0 unspecified atom stereocenters. The lowest BCUT2D eigenvalue weighted by Crippen LogP contribution is -2.14. The van der Waals surface area contributed by atoms with Crippen molar-refractivity contribution in [2.24, 2.45) is 11.8 Å². The van der Waals surface area contributed by atoms with Crippen molar-refractivity contribution in [2.75, 3.05) is 0 Å². The number of hydrogen-bond acceptors (Lipinski definition) is 2. The predicted octanol–water partition coefficient (Wildman–Crippen LogP) is 2.64. The van der Waals surface area contributed by atoms with E-state index in [1.54, 1.807) is 25.7 Å². The van der Waals surface area contributed by atoms with Crippen LogP contribution in [0.25, 0.3) is 0 Å². The van der Waals surface area contributed by atoms with Gasteiger partial charge in [-0.3, -0.25) is 0 Å². The maximum Gasteiger partial charge on any atom is 0.304 e. The Morgan fingerprint density at radius 1 is 0.800 bits per heavy atom. The van der Waals surface area contributed by atoms with Gasteiger partial charge in [-0.05, 0) is 65.2 Å². The van der Waals surface area contributed by atoms with Crippen LogP contribution in [0.2, 0.25) is 0 Å². The first-order valence-corrected chi connectivity index (χ1v) is 7.48. The van der Waals surface area contributed by atoms with E-state index in [-0.39, 0.29) is 0 Å². The molecule has 0 saturated heterocycles. The van der Waals surface area contributed by atoms with Gasteiger partial charge < -0.3 is 8.85 Å². The third-order valence-corrected chi connectivity index (χ3v) is 4.32. The molecule has 0 atom stereocenters. The molecule has 0 heterocycles. The van der Waals surface area contributed by atoms with E-state index in [4.69, 9.17) is 8.85 Å². The van der Waals surface area contributed by atoms with Gasteiger partial charge in [-0.2, -0.15) is 0 Å². The molecule has 90 valence electrons. The molecular formula is C12H26O2Si. The van der Waals surface area contributed by atoms with E-state index in [0.29, 0.717) is 12.2 Å². The smallest absolute Gasteiger partial charge is 0.304 e. The zero-order chi connectivity index (χ0) is 11.3. The highest BCUT2D eigenvalue weighted by Crippen LogP contribution is 2.49. The molecule has 2 fully saturated rings. The van der Waals surface area contributed by atoms with Gasteiger partial charge in [-0.1, -0.05) is 0 Å². The summed E-state index contributed by atoms with van der Waals surface area (Å²) in [6.07, 6.45) is 6.90. The highest BCUT2D eigenvalue weighted by molar-refractivity contribution is 6.18. The Bertz CT molecular complexity index is 145. The zero-order valence-electron chi connectivity index (χ0n) is 10.7. The molecule has 2 aliphatic rings. The second kappa shape index (κ2) is 6.66. The van der Waals surface area contributed by atoms with Crippen LogP contribution >= 0.6 is 0 Å². The molecule has 2 aliphatic carbocycles. The van der Waals surface area contributed by atoms with E-state index >= 15 is 0 Å². The van der Waals surface area contributed by atoms with Crippen molar-refractivity contribution in [1.29, 1.82) is 0 Å². The molecule has 0 spiro atoms. The first-order valence-electron chi connectivity index (χ1n) is 6.32. The third-order valence-electron chi connectivity index (χ3n) is 2.71. The second-order valence-corrected chi connectivity index (χ2v) is 6.13. The van der Waals surface area contributed by atoms with Crippen LogP contribution in [-0.2, 0) is 8.85 Å². The van der Waals surface area contributed by atoms with Crippen LogP contribution in [-0.4, -0.2) is 22.2 Å². The molecule has 0 bridgehead atoms. The molecule has 2 saturated carbocycles. The molecular weight excluding hydrogens is 204 g/mol. The summed E-state index contributed by atoms with van der Waals surface area (Å²) in [5.74, 6) is 2.43. The van der Waals surface area contributed by atoms with E-state index in [0.717, 1.165) is 0 Å². The molecule has 0 amide bonds. The fourth-order valence-corrected chi connectivity index (χ4v) is 2.07. The van der Waals surface area contributed by atoms with Crippen molar-refractivity contribution in [1.82, 2.24) is 0 Å². The maximum atomic E-state index is 5.27. The fraction of sp³-hybridized carbons (Fsp3) is 1.00. The summed E-state index contributed by atoms with van der Waals surface area (Å²) in [4.78, 5) is 0. The first-order chi connectivity index (χ1) is 7.09. The van der Waals surface area contributed by atoms with Crippen LogP contribution in [0.4, 0.5) is 0 Å². The molecule has 0 radical (unpaired) electrons. The lowest BCUT2D eigenvalue weighted by Gasteiger charge is -2.09. The Labute approximate surface area is 96.8 Å². The van der Waals surface area contributed by atoms with Crippen LogP contribution in [0, 0.1) is 11.8 Å². The van der Waals surface area contributed by atoms with Gasteiger partial charge in [0, 0.05) is 12.2 Å². The summed E-state index contributed by atoms with van der Waals surface area (Å²) in [5.41, 5.74) is 0. The van der Waals surface area contributed by atoms with Crippen LogP contribution in [0.3, 0.4) is 0 Å². The Kier molecular flexibility index (Phi) is 5.86. The molecule has 2 rings (SSSR count). The van der Waals surface area contributed by atoms with E-state index < -0.39 is 10.0 Å². The largest absolute Gasteiger partial charge is 0.396 e. The van der Waals surface area contributed by atoms with Gasteiger partial charge in [-0.25, -0.2) is 0 Å². The molecule has 0 aromatic heterocycles. The Morgan fingerprint density at radius 3 is 1.33 bits per heavy atom. The standard InChI is InChI=1S/C6H16O2Si.C6H10/c1-5(2)7-9-8-6(3)4;1-2-5(1)6-3-4-6/h5-6H,9H2,1-4H3;5-6H,1-4H2. The van der Waals surface area contributed by atoms with Gasteiger partial charge in [0.05, 0.1) is 0 Å². The minimum Gasteiger partial charge on any atom is -0.396 e. The third kappa shape index (κ3) is 8.00. The second-order valence-electron chi connectivity index (χ2n) is 5.22. The molecule has 0 aliphatic heterocycles. The SMILES string of the molecule is C1CC1C1CC1.CC(C)O[SiH2]OC(C)C. The average molecular weight is 230 g/mol. The van der Waals surface area contributed by atoms with Gasteiger partial charge in [-0.15, -0.1) is 0 Å². The van der Waals surface area contributed by atoms with Crippen molar-refractivity contribution in [3.05, 3.63) is 0 Å². The van der Waals surface area contributed by atoms with Gasteiger partial charge in [0.15, 0.2) is 0 Å². The van der Waals surface area contributed by atoms with E-state index in [1.165, 1.54) is 11.8 Å². The van der Waals surface area contributed by atoms with E-state index in [2.05, 4.69) is 0 Å². The van der Waals surface area contributed by atoms with Gasteiger partial charge in [0.1, 0.15) is 0 Å². The molecule has 0 aromatic carbocycles. The minimum absolute atomic E-state index is 0.329. The Morgan fingerprint density at radius 2 is 1.13 bits per heavy atom. The number of hydrogen-bond donors (Lipinski definition) is 0. The highest BCUT2D eigenvalue weighted by Gasteiger charge is 2.37. The van der Waals surface area contributed by atoms with E-state index in [1.807, 2.05) is 27.7 Å². The first kappa shape index (κ1) is 13.2. The monoisotopic (exact) mass is 230 g/mol. The van der Waals surface area contributed by atoms with Crippen molar-refractivity contribution < 1.29 is 8.85 Å². The summed E-state index contributed by atoms with van der Waals surface area (Å²) in [6.45, 7) is 8.10. The highest BCUT2D eigenvalue weighted by atomic mass is 28.3. The minimum atomic E-state index is -0.684. The van der Waals surface area contributed by atoms with Crippen LogP contribution in [0.1, 0.15) is 53.4 Å². The van der Waals surface area contributed by atoms with Crippen LogP contribution < -0.4 is 0 Å². The van der Waals surface area contributed by atoms with Crippen molar-refractivity contribution in [3.8, 4) is 0 Å². The summed E-state index contributed by atoms with van der Waals surface area (Å²) in [6, 6.07) is 0. The van der Waals surface area contributed by atoms with E-state index in [9.17, 15) is 0 Å². The molecule has 0 N–H and O–H groups in total. The van der Waals surface area contributed by atoms with Crippen LogP contribution in [0.5, 0.6) is 0 Å². The lowest BCUT2D eigenvalue weighted by atomic mass is 10.3. The van der Waals surface area contributed by atoms with Crippen molar-refractivity contribution >= 4 is 10.0 Å². The molecule has 0 aromatic rings. The molecule has 3 heteroatoms. The lowest BCUT2D eigenvalue weighted by molar-refractivity contribution is 0.152. The van der Waals surface area contributed by atoms with Gasteiger partial charge in [0.25, 0.3) is 0 Å². The van der Waals surface area contributed by atoms with Crippen molar-refractivity contribution in [3.63, 3.8) is 0 Å². The van der Waals surface area contributed by atoms with Gasteiger partial charge >= 0.3 is 10.0 Å². The quantitative estimate of drug-likeness (QED) is 0.676. The fourth-order valence-electron chi connectivity index (χ4n) is 1.45.